The van der Waals surface area contributed by atoms with E-state index in [9.17, 15) is 4.79 Å². The Labute approximate surface area is 122 Å². The van der Waals surface area contributed by atoms with Crippen molar-refractivity contribution in [2.45, 2.75) is 52.4 Å². The van der Waals surface area contributed by atoms with Crippen molar-refractivity contribution < 1.29 is 9.53 Å². The van der Waals surface area contributed by atoms with Gasteiger partial charge in [0, 0.05) is 0 Å². The first-order valence-corrected chi connectivity index (χ1v) is 7.67. The van der Waals surface area contributed by atoms with Crippen LogP contribution in [0.3, 0.4) is 0 Å². The van der Waals surface area contributed by atoms with Crippen LogP contribution in [0.2, 0.25) is 0 Å². The van der Waals surface area contributed by atoms with Gasteiger partial charge < -0.3 is 4.74 Å². The smallest absolute Gasteiger partial charge is 0.309 e. The fourth-order valence-corrected chi connectivity index (χ4v) is 2.06. The summed E-state index contributed by atoms with van der Waals surface area (Å²) in [6, 6.07) is 8.57. The summed E-state index contributed by atoms with van der Waals surface area (Å²) in [5, 5.41) is 0. The van der Waals surface area contributed by atoms with Crippen LogP contribution in [0.1, 0.15) is 57.1 Å². The number of carbonyl (C=O) groups is 1. The molecule has 0 aromatic heterocycles. The summed E-state index contributed by atoms with van der Waals surface area (Å²) < 4.78 is 4.87. The number of rotatable bonds is 9. The fourth-order valence-electron chi connectivity index (χ4n) is 2.06. The third-order valence-corrected chi connectivity index (χ3v) is 3.20. The summed E-state index contributed by atoms with van der Waals surface area (Å²) in [5.74, 6) is -0.170. The molecule has 0 N–H and O–H groups in total. The molecule has 0 atom stereocenters. The average Bonchev–Trinajstić information content (AvgIpc) is 2.45. The van der Waals surface area contributed by atoms with E-state index in [0.29, 0.717) is 13.0 Å². The van der Waals surface area contributed by atoms with Gasteiger partial charge in [-0.25, -0.2) is 0 Å². The Morgan fingerprint density at radius 2 is 1.85 bits per heavy atom. The van der Waals surface area contributed by atoms with E-state index in [0.717, 1.165) is 12.0 Å². The molecule has 2 heteroatoms. The Kier molecular flexibility index (Phi) is 8.44. The second kappa shape index (κ2) is 10.2. The molecule has 2 nitrogen and oxygen atoms in total. The molecule has 1 rings (SSSR count). The zero-order chi connectivity index (χ0) is 14.6. The van der Waals surface area contributed by atoms with Crippen molar-refractivity contribution in [3.63, 3.8) is 0 Å². The summed E-state index contributed by atoms with van der Waals surface area (Å²) >= 11 is 0. The molecule has 110 valence electrons. The maximum absolute atomic E-state index is 11.2. The van der Waals surface area contributed by atoms with E-state index in [1.54, 1.807) is 0 Å². The van der Waals surface area contributed by atoms with Crippen LogP contribution in [-0.2, 0) is 16.0 Å². The highest BCUT2D eigenvalue weighted by Crippen LogP contribution is 2.11. The number of hydrogen-bond donors (Lipinski definition) is 0. The molecule has 0 saturated heterocycles. The Hall–Kier alpha value is -1.57. The summed E-state index contributed by atoms with van der Waals surface area (Å²) in [6.45, 7) is 4.50. The molecule has 0 unspecified atom stereocenters. The van der Waals surface area contributed by atoms with Crippen molar-refractivity contribution in [3.05, 3.63) is 41.5 Å². The van der Waals surface area contributed by atoms with Gasteiger partial charge in [0.25, 0.3) is 0 Å². The molecule has 20 heavy (non-hydrogen) atoms. The average molecular weight is 274 g/mol. The molecule has 0 saturated carbocycles. The maximum atomic E-state index is 11.2. The Balaban J connectivity index is 2.34. The first-order chi connectivity index (χ1) is 9.76. The summed E-state index contributed by atoms with van der Waals surface area (Å²) in [6.07, 6.45) is 10.5. The summed E-state index contributed by atoms with van der Waals surface area (Å²) in [4.78, 5) is 11.2. The molecular formula is C18H26O2. The van der Waals surface area contributed by atoms with Gasteiger partial charge in [0.05, 0.1) is 13.0 Å². The molecule has 0 aliphatic heterocycles. The quantitative estimate of drug-likeness (QED) is 0.478. The van der Waals surface area contributed by atoms with Gasteiger partial charge in [0.15, 0.2) is 0 Å². The molecule has 0 radical (unpaired) electrons. The van der Waals surface area contributed by atoms with Gasteiger partial charge in [-0.2, -0.15) is 0 Å². The predicted octanol–water partition coefficient (Wildman–Crippen LogP) is 4.78. The van der Waals surface area contributed by atoms with Crippen LogP contribution >= 0.6 is 0 Å². The van der Waals surface area contributed by atoms with Gasteiger partial charge in [-0.15, -0.1) is 0 Å². The zero-order valence-electron chi connectivity index (χ0n) is 12.7. The number of aryl methyl sites for hydroxylation is 1. The highest BCUT2D eigenvalue weighted by atomic mass is 16.5. The SMILES string of the molecule is CCCCCCc1ccc(C=CCC(=O)OCC)cc1. The lowest BCUT2D eigenvalue weighted by Crippen LogP contribution is -2.01. The van der Waals surface area contributed by atoms with E-state index in [-0.39, 0.29) is 5.97 Å². The third kappa shape index (κ3) is 7.13. The van der Waals surface area contributed by atoms with E-state index in [2.05, 4.69) is 31.2 Å². The second-order valence-electron chi connectivity index (χ2n) is 4.96. The molecular weight excluding hydrogens is 248 g/mol. The van der Waals surface area contributed by atoms with Crippen molar-refractivity contribution in [1.29, 1.82) is 0 Å². The number of unbranched alkanes of at least 4 members (excludes halogenated alkanes) is 3. The molecule has 1 aromatic rings. The van der Waals surface area contributed by atoms with Crippen LogP contribution in [0.25, 0.3) is 6.08 Å². The van der Waals surface area contributed by atoms with Crippen molar-refractivity contribution in [2.75, 3.05) is 6.61 Å². The number of hydrogen-bond acceptors (Lipinski definition) is 2. The van der Waals surface area contributed by atoms with Crippen molar-refractivity contribution in [2.24, 2.45) is 0 Å². The predicted molar refractivity (Wildman–Crippen MR) is 84.6 cm³/mol. The topological polar surface area (TPSA) is 26.3 Å². The van der Waals surface area contributed by atoms with E-state index < -0.39 is 0 Å². The van der Waals surface area contributed by atoms with Crippen molar-refractivity contribution in [3.8, 4) is 0 Å². The minimum Gasteiger partial charge on any atom is -0.466 e. The Bertz CT molecular complexity index is 404. The lowest BCUT2D eigenvalue weighted by Gasteiger charge is -2.02. The summed E-state index contributed by atoms with van der Waals surface area (Å²) in [7, 11) is 0. The lowest BCUT2D eigenvalue weighted by molar-refractivity contribution is -0.142. The van der Waals surface area contributed by atoms with Gasteiger partial charge in [0.1, 0.15) is 0 Å². The van der Waals surface area contributed by atoms with Crippen LogP contribution in [0.4, 0.5) is 0 Å². The largest absolute Gasteiger partial charge is 0.466 e. The van der Waals surface area contributed by atoms with Crippen LogP contribution in [0, 0.1) is 0 Å². The number of carbonyl (C=O) groups excluding carboxylic acids is 1. The molecule has 0 aliphatic carbocycles. The second-order valence-corrected chi connectivity index (χ2v) is 4.96. The maximum Gasteiger partial charge on any atom is 0.309 e. The zero-order valence-corrected chi connectivity index (χ0v) is 12.7. The molecule has 1 aromatic carbocycles. The standard InChI is InChI=1S/C18H26O2/c1-3-5-6-7-9-16-12-14-17(15-13-16)10-8-11-18(19)20-4-2/h8,10,12-15H,3-7,9,11H2,1-2H3. The van der Waals surface area contributed by atoms with Crippen LogP contribution in [0.5, 0.6) is 0 Å². The highest BCUT2D eigenvalue weighted by molar-refractivity contribution is 5.72. The highest BCUT2D eigenvalue weighted by Gasteiger charge is 1.97. The minimum absolute atomic E-state index is 0.170. The molecule has 0 amide bonds. The van der Waals surface area contributed by atoms with Gasteiger partial charge in [-0.3, -0.25) is 4.79 Å². The first-order valence-electron chi connectivity index (χ1n) is 7.67. The molecule has 0 fully saturated rings. The number of esters is 1. The van der Waals surface area contributed by atoms with Gasteiger partial charge in [-0.05, 0) is 30.9 Å². The fraction of sp³-hybridized carbons (Fsp3) is 0.500. The van der Waals surface area contributed by atoms with Gasteiger partial charge in [-0.1, -0.05) is 62.6 Å². The monoisotopic (exact) mass is 274 g/mol. The Morgan fingerprint density at radius 1 is 1.10 bits per heavy atom. The van der Waals surface area contributed by atoms with E-state index in [4.69, 9.17) is 4.74 Å². The van der Waals surface area contributed by atoms with Crippen molar-refractivity contribution >= 4 is 12.0 Å². The first kappa shape index (κ1) is 16.5. The number of benzene rings is 1. The van der Waals surface area contributed by atoms with Gasteiger partial charge in [0.2, 0.25) is 0 Å². The lowest BCUT2D eigenvalue weighted by atomic mass is 10.0. The van der Waals surface area contributed by atoms with E-state index in [1.807, 2.05) is 19.1 Å². The van der Waals surface area contributed by atoms with Crippen LogP contribution < -0.4 is 0 Å². The van der Waals surface area contributed by atoms with E-state index >= 15 is 0 Å². The normalized spacial score (nSPS) is 10.9. The molecule has 0 aliphatic rings. The van der Waals surface area contributed by atoms with Gasteiger partial charge >= 0.3 is 5.97 Å². The van der Waals surface area contributed by atoms with E-state index in [1.165, 1.54) is 31.2 Å². The minimum atomic E-state index is -0.170. The Morgan fingerprint density at radius 3 is 2.50 bits per heavy atom. The van der Waals surface area contributed by atoms with Crippen molar-refractivity contribution in [1.82, 2.24) is 0 Å². The number of ether oxygens (including phenoxy) is 1. The summed E-state index contributed by atoms with van der Waals surface area (Å²) in [5.41, 5.74) is 2.52. The molecule has 0 bridgehead atoms. The van der Waals surface area contributed by atoms with Crippen LogP contribution in [0.15, 0.2) is 30.3 Å². The molecule has 0 spiro atoms. The third-order valence-electron chi connectivity index (χ3n) is 3.20. The molecule has 0 heterocycles. The van der Waals surface area contributed by atoms with Crippen LogP contribution in [-0.4, -0.2) is 12.6 Å².